The predicted molar refractivity (Wildman–Crippen MR) is 456 cm³/mol. The van der Waals surface area contributed by atoms with E-state index in [-0.39, 0.29) is 68.9 Å². The van der Waals surface area contributed by atoms with Crippen molar-refractivity contribution < 1.29 is 108 Å². The number of carbonyl (C=O) groups excluding carboxylic acids is 9. The van der Waals surface area contributed by atoms with Crippen LogP contribution in [-0.2, 0) is 54.3 Å². The fourth-order valence-corrected chi connectivity index (χ4v) is 14.9. The maximum Gasteiger partial charge on any atom is 0.334 e. The number of aliphatic hydroxyl groups is 3. The number of amides is 8. The lowest BCUT2D eigenvalue weighted by Crippen LogP contribution is -2.55. The van der Waals surface area contributed by atoms with Crippen LogP contribution in [0.1, 0.15) is 139 Å². The molecule has 0 aromatic heterocycles. The summed E-state index contributed by atoms with van der Waals surface area (Å²) in [6.07, 6.45) is -0.914. The standard InChI is InChI=1S/C86H105Cl2N15O22/c87-56-33-45-9-15-62(56)122-67-40-50-41-68(77(67)124-64(17-31-104)79(113)96-29-7-27-94-23-3-1-21-92-25-5-19-89)123-63-16-12-48(38-57(63)88)76(111)75-85(119)102-74(86(120)125-65(18-32-105)80(114)97-30-8-28-95-24-4-2-22-93-26-6-20-90)55-43-52(107)44-61(110)69(55)54-37-47(11-13-59(54)108)71(82(116)103-75)100-84(118)73(50)101-83(117)72-49-35-51(106)42-53(36-49)121-66-39-46(10-14-60(66)109)70(91)81(115)98-58(34-45)78(112)99-72/h9-16,33,35-44,58,64-65,70-76,92-95,104-111H,1-8,17-32,34,89-91H2,(H,96,113)(H,97,114)(H,98,115)(H,99,112)(H,100,118)(H,101,117)(H,102,119)(H,103,116)/t58-,64?,65?,70+,71-,72+,73-,74+,75+,76-/m1/s1. The van der Waals surface area contributed by atoms with E-state index in [9.17, 15) is 55.2 Å². The van der Waals surface area contributed by atoms with Gasteiger partial charge in [0, 0.05) is 74.4 Å². The fraction of sp³-hybridized carbons (Fsp3) is 0.407. The molecule has 125 heavy (non-hydrogen) atoms. The van der Waals surface area contributed by atoms with Gasteiger partial charge in [0.1, 0.15) is 82.6 Å². The van der Waals surface area contributed by atoms with Gasteiger partial charge in [0.05, 0.1) is 10.0 Å². The molecule has 8 amide bonds. The third-order valence-corrected chi connectivity index (χ3v) is 21.6. The average Bonchev–Trinajstić information content (AvgIpc) is 0.763. The molecule has 10 atom stereocenters. The van der Waals surface area contributed by atoms with Crippen LogP contribution in [0, 0.1) is 0 Å². The molecule has 0 fully saturated rings. The molecule has 17 bridgehead atoms. The van der Waals surface area contributed by atoms with Gasteiger partial charge in [-0.1, -0.05) is 47.5 Å². The summed E-state index contributed by atoms with van der Waals surface area (Å²) in [5.74, 6) is -16.7. The highest BCUT2D eigenvalue weighted by Crippen LogP contribution is 2.50. The Morgan fingerprint density at radius 1 is 0.464 bits per heavy atom. The lowest BCUT2D eigenvalue weighted by Gasteiger charge is -2.32. The van der Waals surface area contributed by atoms with Crippen molar-refractivity contribution in [1.82, 2.24) is 63.8 Å². The minimum atomic E-state index is -2.35. The van der Waals surface area contributed by atoms with E-state index >= 15 is 28.8 Å². The molecule has 2 unspecified atom stereocenters. The number of benzene rings is 7. The van der Waals surface area contributed by atoms with Crippen molar-refractivity contribution in [1.29, 1.82) is 0 Å². The maximum absolute atomic E-state index is 16.5. The molecule has 7 aromatic rings. The highest BCUT2D eigenvalue weighted by molar-refractivity contribution is 6.32. The topological polar surface area (TPSA) is 584 Å². The summed E-state index contributed by atoms with van der Waals surface area (Å²) in [5, 5.41) is 126. The lowest BCUT2D eigenvalue weighted by molar-refractivity contribution is -0.160. The van der Waals surface area contributed by atoms with Crippen molar-refractivity contribution in [2.45, 2.75) is 131 Å². The zero-order chi connectivity index (χ0) is 89.4. The van der Waals surface area contributed by atoms with Crippen LogP contribution in [0.15, 0.2) is 115 Å². The molecule has 6 aliphatic rings. The molecule has 13 rings (SSSR count). The number of ether oxygens (including phenoxy) is 5. The Labute approximate surface area is 728 Å². The van der Waals surface area contributed by atoms with E-state index < -0.39 is 220 Å². The first-order chi connectivity index (χ1) is 60.2. The Morgan fingerprint density at radius 3 is 1.58 bits per heavy atom. The van der Waals surface area contributed by atoms with Crippen LogP contribution in [0.4, 0.5) is 0 Å². The van der Waals surface area contributed by atoms with Crippen LogP contribution in [-0.4, -0.2) is 210 Å². The third kappa shape index (κ3) is 24.8. The van der Waals surface area contributed by atoms with Crippen LogP contribution in [0.25, 0.3) is 11.1 Å². The number of nitrogens with two attached hydrogens (primary N) is 3. The van der Waals surface area contributed by atoms with Crippen LogP contribution >= 0.6 is 23.2 Å². The fourth-order valence-electron chi connectivity index (χ4n) is 14.4. The van der Waals surface area contributed by atoms with Crippen molar-refractivity contribution in [3.63, 3.8) is 0 Å². The molecule has 0 saturated heterocycles. The van der Waals surface area contributed by atoms with Crippen molar-refractivity contribution in [2.75, 3.05) is 91.8 Å². The summed E-state index contributed by atoms with van der Waals surface area (Å²) in [6, 6.07) is 7.43. The second-order valence-electron chi connectivity index (χ2n) is 30.3. The Kier molecular flexibility index (Phi) is 33.9. The van der Waals surface area contributed by atoms with Crippen LogP contribution in [0.3, 0.4) is 0 Å². The second-order valence-corrected chi connectivity index (χ2v) is 31.1. The van der Waals surface area contributed by atoms with Gasteiger partial charge in [-0.05, 0) is 229 Å². The minimum absolute atomic E-state index is 0.0609. The van der Waals surface area contributed by atoms with E-state index in [0.717, 1.165) is 125 Å². The monoisotopic (exact) mass is 1770 g/mol. The predicted octanol–water partition coefficient (Wildman–Crippen LogP) is 3.25. The minimum Gasteiger partial charge on any atom is -0.508 e. The number of phenols is 5. The third-order valence-electron chi connectivity index (χ3n) is 21.0. The number of hydrogen-bond donors (Lipinski definition) is 23. The lowest BCUT2D eigenvalue weighted by atomic mass is 9.89. The van der Waals surface area contributed by atoms with Crippen LogP contribution in [0.5, 0.6) is 69.0 Å². The summed E-state index contributed by atoms with van der Waals surface area (Å²) in [7, 11) is 0. The zero-order valence-electron chi connectivity index (χ0n) is 68.2. The molecular formula is C86H105Cl2N15O22. The second kappa shape index (κ2) is 45.2. The molecule has 0 saturated carbocycles. The number of carbonyl (C=O) groups is 9. The van der Waals surface area contributed by atoms with E-state index in [2.05, 4.69) is 63.8 Å². The van der Waals surface area contributed by atoms with E-state index in [4.69, 9.17) is 64.1 Å². The molecule has 7 aromatic carbocycles. The Hall–Kier alpha value is -11.9. The number of halogens is 2. The maximum atomic E-state index is 16.5. The van der Waals surface area contributed by atoms with Crippen molar-refractivity contribution in [3.05, 3.63) is 164 Å². The van der Waals surface area contributed by atoms with Gasteiger partial charge >= 0.3 is 5.97 Å². The summed E-state index contributed by atoms with van der Waals surface area (Å²) in [5.41, 5.74) is 15.2. The average molecular weight is 1770 g/mol. The van der Waals surface area contributed by atoms with Crippen molar-refractivity contribution >= 4 is 76.4 Å². The molecule has 6 heterocycles. The number of hydrogen-bond acceptors (Lipinski definition) is 29. The molecular weight excluding hydrogens is 1670 g/mol. The SMILES string of the molecule is NCCCNCCCCNCCCNC(=O)C(CCO)OC(=O)[C@H]1NC(=O)[C@H]2NC(=O)[C@H](NC(=O)[C@@H]3NC(=O)[C@H]4NC(=O)[C@@H](Cc5ccc(c(Cl)c5)Oc5cc3cc(c5OC(CCO)C(=O)NCCCNCCCCNCCCN)Oc3ccc(cc3Cl)[C@H]2O)NC(=O)[C@@H](N)c2ccc(O)c(c2)Oc2cc(O)cc4c2)c2ccc(O)c(c2)-c2c(O)cc(O)cc21. The smallest absolute Gasteiger partial charge is 0.334 e. The van der Waals surface area contributed by atoms with Crippen molar-refractivity contribution in [3.8, 4) is 80.1 Å². The summed E-state index contributed by atoms with van der Waals surface area (Å²) in [6.45, 7) is 5.55. The van der Waals surface area contributed by atoms with Crippen LogP contribution in [0.2, 0.25) is 10.0 Å². The first-order valence-electron chi connectivity index (χ1n) is 41.2. The number of rotatable bonds is 34. The largest absolute Gasteiger partial charge is 0.508 e. The molecule has 26 N–H and O–H groups in total. The molecule has 670 valence electrons. The highest BCUT2D eigenvalue weighted by Gasteiger charge is 2.43. The van der Waals surface area contributed by atoms with Gasteiger partial charge in [-0.15, -0.1) is 0 Å². The molecule has 0 aliphatic carbocycles. The van der Waals surface area contributed by atoms with Gasteiger partial charge in [0.2, 0.25) is 41.2 Å². The first kappa shape index (κ1) is 93.8. The highest BCUT2D eigenvalue weighted by atomic mass is 35.5. The molecule has 39 heteroatoms. The molecule has 0 radical (unpaired) electrons. The van der Waals surface area contributed by atoms with Gasteiger partial charge < -0.3 is 146 Å². The van der Waals surface area contributed by atoms with E-state index in [0.29, 0.717) is 52.1 Å². The number of nitrogens with one attached hydrogen (secondary N) is 12. The number of aliphatic hydroxyl groups excluding tert-OH is 3. The zero-order valence-corrected chi connectivity index (χ0v) is 69.7. The Bertz CT molecular complexity index is 5030. The molecule has 6 aliphatic heterocycles. The van der Waals surface area contributed by atoms with Gasteiger partial charge in [0.25, 0.3) is 11.8 Å². The summed E-state index contributed by atoms with van der Waals surface area (Å²) < 4.78 is 32.1. The van der Waals surface area contributed by atoms with Gasteiger partial charge in [0.15, 0.2) is 41.2 Å². The van der Waals surface area contributed by atoms with E-state index in [1.54, 1.807) is 0 Å². The number of unbranched alkanes of at least 4 members (excludes halogenated alkanes) is 2. The van der Waals surface area contributed by atoms with Gasteiger partial charge in [-0.3, -0.25) is 38.4 Å². The van der Waals surface area contributed by atoms with E-state index in [1.165, 1.54) is 54.6 Å². The first-order valence-corrected chi connectivity index (χ1v) is 42.0. The summed E-state index contributed by atoms with van der Waals surface area (Å²) in [4.78, 5) is 138. The van der Waals surface area contributed by atoms with Crippen LogP contribution < -0.4 is 99.9 Å². The number of phenolic OH excluding ortho intramolecular Hbond substituents is 5. The van der Waals surface area contributed by atoms with Gasteiger partial charge in [-0.2, -0.15) is 0 Å². The normalized spacial score (nSPS) is 19.2. The van der Waals surface area contributed by atoms with Crippen molar-refractivity contribution in [2.24, 2.45) is 17.2 Å². The quantitative estimate of drug-likeness (QED) is 0.0203. The Balaban J connectivity index is 1.05. The Morgan fingerprint density at radius 2 is 0.976 bits per heavy atom. The van der Waals surface area contributed by atoms with E-state index in [1.807, 2.05) is 0 Å². The number of esters is 1. The molecule has 37 nitrogen and oxygen atoms in total. The number of fused-ring (bicyclic) bond motifs is 14. The summed E-state index contributed by atoms with van der Waals surface area (Å²) >= 11 is 14.4. The number of aromatic hydroxyl groups is 5. The van der Waals surface area contributed by atoms with Gasteiger partial charge in [-0.25, -0.2) is 4.79 Å². The molecule has 0 spiro atoms.